The molecule has 3 nitrogen and oxygen atoms in total. The molecule has 0 atom stereocenters. The summed E-state index contributed by atoms with van der Waals surface area (Å²) in [6.45, 7) is 2.65. The summed E-state index contributed by atoms with van der Waals surface area (Å²) in [7, 11) is 0. The van der Waals surface area contributed by atoms with Crippen molar-refractivity contribution in [3.05, 3.63) is 71.2 Å². The van der Waals surface area contributed by atoms with Crippen molar-refractivity contribution in [1.82, 2.24) is 4.57 Å². The van der Waals surface area contributed by atoms with Crippen molar-refractivity contribution in [2.24, 2.45) is 0 Å². The van der Waals surface area contributed by atoms with Gasteiger partial charge in [0.15, 0.2) is 0 Å². The Morgan fingerprint density at radius 1 is 1.14 bits per heavy atom. The first-order valence-electron chi connectivity index (χ1n) is 7.07. The molecule has 1 aromatic heterocycles. The third-order valence-electron chi connectivity index (χ3n) is 3.77. The zero-order chi connectivity index (χ0) is 15.7. The van der Waals surface area contributed by atoms with E-state index in [0.29, 0.717) is 6.54 Å². The van der Waals surface area contributed by atoms with E-state index >= 15 is 0 Å². The van der Waals surface area contributed by atoms with Crippen LogP contribution in [0.4, 0.5) is 4.39 Å². The number of aliphatic carboxylic acids is 1. The molecule has 4 heteroatoms. The third kappa shape index (κ3) is 2.86. The van der Waals surface area contributed by atoms with Crippen LogP contribution in [0.25, 0.3) is 10.9 Å². The lowest BCUT2D eigenvalue weighted by molar-refractivity contribution is -0.136. The molecule has 0 unspecified atom stereocenters. The summed E-state index contributed by atoms with van der Waals surface area (Å²) in [5.41, 5.74) is 3.92. The van der Waals surface area contributed by atoms with Crippen LogP contribution in [0.5, 0.6) is 0 Å². The maximum atomic E-state index is 13.0. The van der Waals surface area contributed by atoms with Gasteiger partial charge < -0.3 is 9.67 Å². The maximum Gasteiger partial charge on any atom is 0.307 e. The van der Waals surface area contributed by atoms with Crippen molar-refractivity contribution in [3.63, 3.8) is 0 Å². The number of benzene rings is 2. The Labute approximate surface area is 127 Å². The van der Waals surface area contributed by atoms with E-state index in [1.165, 1.54) is 12.1 Å². The van der Waals surface area contributed by atoms with Gasteiger partial charge in [0.05, 0.1) is 6.42 Å². The fraction of sp³-hybridized carbons (Fsp3) is 0.167. The molecular formula is C18H16FNO2. The molecule has 22 heavy (non-hydrogen) atoms. The van der Waals surface area contributed by atoms with Gasteiger partial charge >= 0.3 is 5.97 Å². The lowest BCUT2D eigenvalue weighted by Gasteiger charge is -2.07. The number of fused-ring (bicyclic) bond motifs is 1. The van der Waals surface area contributed by atoms with E-state index in [0.717, 1.165) is 27.6 Å². The van der Waals surface area contributed by atoms with E-state index in [4.69, 9.17) is 5.11 Å². The highest BCUT2D eigenvalue weighted by Crippen LogP contribution is 2.23. The smallest absolute Gasteiger partial charge is 0.307 e. The van der Waals surface area contributed by atoms with Gasteiger partial charge in [0, 0.05) is 23.6 Å². The van der Waals surface area contributed by atoms with Crippen LogP contribution in [-0.4, -0.2) is 15.6 Å². The monoisotopic (exact) mass is 297 g/mol. The van der Waals surface area contributed by atoms with E-state index in [9.17, 15) is 9.18 Å². The topological polar surface area (TPSA) is 42.2 Å². The van der Waals surface area contributed by atoms with Crippen molar-refractivity contribution >= 4 is 16.9 Å². The first kappa shape index (κ1) is 14.3. The number of carboxylic acid groups (broad SMARTS) is 1. The van der Waals surface area contributed by atoms with Crippen molar-refractivity contribution in [1.29, 1.82) is 0 Å². The van der Waals surface area contributed by atoms with Crippen molar-refractivity contribution in [3.8, 4) is 0 Å². The Hall–Kier alpha value is -2.62. The predicted molar refractivity (Wildman–Crippen MR) is 83.5 cm³/mol. The average Bonchev–Trinajstić information content (AvgIpc) is 2.77. The first-order chi connectivity index (χ1) is 10.5. The van der Waals surface area contributed by atoms with Crippen molar-refractivity contribution in [2.75, 3.05) is 0 Å². The second-order valence-electron chi connectivity index (χ2n) is 5.49. The molecule has 0 radical (unpaired) electrons. The highest BCUT2D eigenvalue weighted by atomic mass is 19.1. The summed E-state index contributed by atoms with van der Waals surface area (Å²) in [5, 5.41) is 10.0. The highest BCUT2D eigenvalue weighted by Gasteiger charge is 2.09. The fourth-order valence-electron chi connectivity index (χ4n) is 2.72. The molecule has 0 bridgehead atoms. The summed E-state index contributed by atoms with van der Waals surface area (Å²) in [6.07, 6.45) is 2.05. The molecule has 3 rings (SSSR count). The normalized spacial score (nSPS) is 11.0. The molecule has 0 aliphatic rings. The molecule has 0 aliphatic heterocycles. The van der Waals surface area contributed by atoms with E-state index in [1.54, 1.807) is 12.1 Å². The number of carbonyl (C=O) groups is 1. The van der Waals surface area contributed by atoms with E-state index in [2.05, 4.69) is 4.57 Å². The predicted octanol–water partition coefficient (Wildman–Crippen LogP) is 3.76. The summed E-state index contributed by atoms with van der Waals surface area (Å²) in [4.78, 5) is 10.9. The number of rotatable bonds is 4. The largest absolute Gasteiger partial charge is 0.481 e. The molecule has 0 spiro atoms. The molecule has 0 saturated heterocycles. The number of nitrogens with zero attached hydrogens (tertiary/aromatic N) is 1. The second kappa shape index (κ2) is 5.64. The zero-order valence-electron chi connectivity index (χ0n) is 12.2. The lowest BCUT2D eigenvalue weighted by atomic mass is 10.1. The Morgan fingerprint density at radius 2 is 1.82 bits per heavy atom. The molecule has 3 aromatic rings. The van der Waals surface area contributed by atoms with Crippen molar-refractivity contribution < 1.29 is 14.3 Å². The minimum absolute atomic E-state index is 0.0106. The molecule has 0 amide bonds. The molecular weight excluding hydrogens is 281 g/mol. The van der Waals surface area contributed by atoms with Crippen LogP contribution < -0.4 is 0 Å². The van der Waals surface area contributed by atoms with Crippen LogP contribution in [-0.2, 0) is 17.8 Å². The molecule has 0 saturated carbocycles. The summed E-state index contributed by atoms with van der Waals surface area (Å²) >= 11 is 0. The van der Waals surface area contributed by atoms with E-state index in [-0.39, 0.29) is 12.2 Å². The molecule has 112 valence electrons. The van der Waals surface area contributed by atoms with Gasteiger partial charge in [-0.15, -0.1) is 0 Å². The molecule has 1 N–H and O–H groups in total. The van der Waals surface area contributed by atoms with Crippen LogP contribution >= 0.6 is 0 Å². The molecule has 1 heterocycles. The highest BCUT2D eigenvalue weighted by molar-refractivity contribution is 5.85. The fourth-order valence-corrected chi connectivity index (χ4v) is 2.72. The Kier molecular flexibility index (Phi) is 3.67. The Balaban J connectivity index is 2.00. The van der Waals surface area contributed by atoms with Gasteiger partial charge in [-0.25, -0.2) is 4.39 Å². The number of hydrogen-bond donors (Lipinski definition) is 1. The van der Waals surface area contributed by atoms with Crippen LogP contribution in [0, 0.1) is 12.7 Å². The number of aromatic nitrogens is 1. The van der Waals surface area contributed by atoms with Gasteiger partial charge in [-0.05, 0) is 41.8 Å². The SMILES string of the molecule is Cc1cn(Cc2ccc(F)cc2)c2cc(CC(=O)O)ccc12. The van der Waals surface area contributed by atoms with Gasteiger partial charge in [0.25, 0.3) is 0 Å². The van der Waals surface area contributed by atoms with Crippen molar-refractivity contribution in [2.45, 2.75) is 19.9 Å². The van der Waals surface area contributed by atoms with Crippen LogP contribution in [0.3, 0.4) is 0 Å². The number of carboxylic acids is 1. The quantitative estimate of drug-likeness (QED) is 0.796. The van der Waals surface area contributed by atoms with Crippen LogP contribution in [0.2, 0.25) is 0 Å². The van der Waals surface area contributed by atoms with E-state index in [1.807, 2.05) is 31.3 Å². The van der Waals surface area contributed by atoms with Gasteiger partial charge in [0.2, 0.25) is 0 Å². The van der Waals surface area contributed by atoms with Gasteiger partial charge in [-0.3, -0.25) is 4.79 Å². The lowest BCUT2D eigenvalue weighted by Crippen LogP contribution is -2.01. The Morgan fingerprint density at radius 3 is 2.50 bits per heavy atom. The summed E-state index contributed by atoms with van der Waals surface area (Å²) in [5.74, 6) is -1.09. The zero-order valence-corrected chi connectivity index (χ0v) is 12.2. The standard InChI is InChI=1S/C18H16FNO2/c1-12-10-20(11-13-2-5-15(19)6-3-13)17-8-14(9-18(21)22)4-7-16(12)17/h2-8,10H,9,11H2,1H3,(H,21,22). The van der Waals surface area contributed by atoms with Gasteiger partial charge in [-0.1, -0.05) is 24.3 Å². The van der Waals surface area contributed by atoms with Gasteiger partial charge in [0.1, 0.15) is 5.82 Å². The first-order valence-corrected chi connectivity index (χ1v) is 7.07. The van der Waals surface area contributed by atoms with Crippen LogP contribution in [0.1, 0.15) is 16.7 Å². The molecule has 0 fully saturated rings. The number of hydrogen-bond acceptors (Lipinski definition) is 1. The molecule has 2 aromatic carbocycles. The summed E-state index contributed by atoms with van der Waals surface area (Å²) < 4.78 is 15.1. The van der Waals surface area contributed by atoms with Gasteiger partial charge in [-0.2, -0.15) is 0 Å². The maximum absolute atomic E-state index is 13.0. The minimum Gasteiger partial charge on any atom is -0.481 e. The summed E-state index contributed by atoms with van der Waals surface area (Å²) in [6, 6.07) is 12.2. The third-order valence-corrected chi connectivity index (χ3v) is 3.77. The number of halogens is 1. The van der Waals surface area contributed by atoms with Crippen LogP contribution in [0.15, 0.2) is 48.7 Å². The average molecular weight is 297 g/mol. The minimum atomic E-state index is -0.840. The molecule has 0 aliphatic carbocycles. The second-order valence-corrected chi connectivity index (χ2v) is 5.49. The van der Waals surface area contributed by atoms with E-state index < -0.39 is 5.97 Å². The Bertz CT molecular complexity index is 834. The number of aryl methyl sites for hydroxylation is 1.